The van der Waals surface area contributed by atoms with Gasteiger partial charge in [-0.2, -0.15) is 0 Å². The Hall–Kier alpha value is -2.47. The van der Waals surface area contributed by atoms with Crippen LogP contribution < -0.4 is 5.32 Å². The molecule has 0 atom stereocenters. The lowest BCUT2D eigenvalue weighted by Crippen LogP contribution is -2.24. The summed E-state index contributed by atoms with van der Waals surface area (Å²) in [6.45, 7) is 0.0995. The summed E-state index contributed by atoms with van der Waals surface area (Å²) in [5.74, 6) is -0.317. The summed E-state index contributed by atoms with van der Waals surface area (Å²) < 4.78 is 18.8. The summed E-state index contributed by atoms with van der Waals surface area (Å²) in [7, 11) is 0. The van der Waals surface area contributed by atoms with Crippen molar-refractivity contribution in [2.75, 3.05) is 0 Å². The van der Waals surface area contributed by atoms with E-state index in [1.165, 1.54) is 23.8 Å². The van der Waals surface area contributed by atoms with Crippen molar-refractivity contribution in [3.8, 4) is 10.6 Å². The fraction of sp³-hybridized carbons (Fsp3) is 0.0667. The van der Waals surface area contributed by atoms with Crippen LogP contribution in [0.4, 0.5) is 4.39 Å². The first-order valence-corrected chi connectivity index (χ1v) is 7.12. The molecule has 0 saturated carbocycles. The van der Waals surface area contributed by atoms with Crippen molar-refractivity contribution < 1.29 is 13.6 Å². The quantitative estimate of drug-likeness (QED) is 0.803. The third kappa shape index (κ3) is 2.85. The Morgan fingerprint density at radius 3 is 2.90 bits per heavy atom. The van der Waals surface area contributed by atoms with Gasteiger partial charge in [0.15, 0.2) is 17.8 Å². The Balaban J connectivity index is 1.75. The van der Waals surface area contributed by atoms with Gasteiger partial charge >= 0.3 is 0 Å². The number of nitrogens with zero attached hydrogens (tertiary/aromatic N) is 1. The average Bonchev–Trinajstić information content (AvgIpc) is 3.16. The summed E-state index contributed by atoms with van der Waals surface area (Å²) in [5.41, 5.74) is 0.626. The first kappa shape index (κ1) is 13.5. The largest absolute Gasteiger partial charge is 0.442 e. The molecule has 3 aromatic rings. The molecule has 0 unspecified atom stereocenters. The zero-order valence-corrected chi connectivity index (χ0v) is 11.7. The zero-order chi connectivity index (χ0) is 14.7. The van der Waals surface area contributed by atoms with E-state index >= 15 is 0 Å². The first-order chi connectivity index (χ1) is 10.3. The molecule has 1 N–H and O–H groups in total. The minimum absolute atomic E-state index is 0.0995. The minimum atomic E-state index is -0.393. The predicted molar refractivity (Wildman–Crippen MR) is 77.4 cm³/mol. The maximum absolute atomic E-state index is 13.5. The van der Waals surface area contributed by atoms with Crippen LogP contribution in [0.5, 0.6) is 0 Å². The summed E-state index contributed by atoms with van der Waals surface area (Å²) >= 11 is 1.46. The molecule has 0 aliphatic carbocycles. The van der Waals surface area contributed by atoms with Crippen LogP contribution in [0.1, 0.15) is 16.1 Å². The van der Waals surface area contributed by atoms with Crippen molar-refractivity contribution in [3.63, 3.8) is 0 Å². The van der Waals surface area contributed by atoms with E-state index in [1.807, 2.05) is 17.5 Å². The second-order valence-corrected chi connectivity index (χ2v) is 5.23. The molecule has 0 radical (unpaired) electrons. The summed E-state index contributed by atoms with van der Waals surface area (Å²) in [4.78, 5) is 16.9. The number of benzene rings is 1. The van der Waals surface area contributed by atoms with Gasteiger partial charge in [0.25, 0.3) is 5.91 Å². The van der Waals surface area contributed by atoms with E-state index in [9.17, 15) is 9.18 Å². The number of carbonyl (C=O) groups excluding carboxylic acids is 1. The van der Waals surface area contributed by atoms with Gasteiger partial charge in [0.1, 0.15) is 5.82 Å². The van der Waals surface area contributed by atoms with Crippen molar-refractivity contribution in [2.24, 2.45) is 0 Å². The van der Waals surface area contributed by atoms with Gasteiger partial charge in [0, 0.05) is 12.1 Å². The molecule has 2 aromatic heterocycles. The lowest BCUT2D eigenvalue weighted by atomic mass is 10.2. The number of halogens is 1. The van der Waals surface area contributed by atoms with Crippen LogP contribution in [0.25, 0.3) is 10.6 Å². The summed E-state index contributed by atoms with van der Waals surface area (Å²) in [6.07, 6.45) is 1.23. The molecule has 0 fully saturated rings. The van der Waals surface area contributed by atoms with Gasteiger partial charge in [-0.3, -0.25) is 4.79 Å². The molecule has 0 aliphatic heterocycles. The molecule has 0 saturated heterocycles. The third-order valence-corrected chi connectivity index (χ3v) is 3.79. The fourth-order valence-electron chi connectivity index (χ4n) is 1.89. The van der Waals surface area contributed by atoms with Crippen LogP contribution in [0, 0.1) is 5.82 Å². The number of rotatable bonds is 4. The van der Waals surface area contributed by atoms with Crippen molar-refractivity contribution in [2.45, 2.75) is 6.54 Å². The van der Waals surface area contributed by atoms with Crippen LogP contribution in [-0.2, 0) is 6.54 Å². The maximum atomic E-state index is 13.5. The van der Waals surface area contributed by atoms with Gasteiger partial charge in [0.2, 0.25) is 0 Å². The van der Waals surface area contributed by atoms with Crippen LogP contribution in [-0.4, -0.2) is 10.9 Å². The minimum Gasteiger partial charge on any atom is -0.442 e. The molecule has 106 valence electrons. The normalized spacial score (nSPS) is 10.5. The monoisotopic (exact) mass is 302 g/mol. The van der Waals surface area contributed by atoms with Crippen LogP contribution >= 0.6 is 11.3 Å². The maximum Gasteiger partial charge on any atom is 0.274 e. The van der Waals surface area contributed by atoms with E-state index in [0.717, 1.165) is 4.88 Å². The standard InChI is InChI=1S/C15H11FN2O2S/c16-11-5-2-1-4-10(11)8-17-15(19)13-14(20-9-18-13)12-6-3-7-21-12/h1-7,9H,8H2,(H,17,19). The molecule has 6 heteroatoms. The van der Waals surface area contributed by atoms with Crippen molar-refractivity contribution >= 4 is 17.2 Å². The molecule has 4 nitrogen and oxygen atoms in total. The van der Waals surface area contributed by atoms with Crippen molar-refractivity contribution in [3.05, 3.63) is 65.2 Å². The smallest absolute Gasteiger partial charge is 0.274 e. The molecular formula is C15H11FN2O2S. The highest BCUT2D eigenvalue weighted by molar-refractivity contribution is 7.13. The topological polar surface area (TPSA) is 55.1 Å². The van der Waals surface area contributed by atoms with Gasteiger partial charge < -0.3 is 9.73 Å². The number of carbonyl (C=O) groups is 1. The highest BCUT2D eigenvalue weighted by Crippen LogP contribution is 2.27. The SMILES string of the molecule is O=C(NCc1ccccc1F)c1ncoc1-c1cccs1. The van der Waals surface area contributed by atoms with Gasteiger partial charge in [-0.05, 0) is 17.5 Å². The number of thiophene rings is 1. The molecule has 2 heterocycles. The lowest BCUT2D eigenvalue weighted by molar-refractivity contribution is 0.0946. The van der Waals surface area contributed by atoms with Gasteiger partial charge in [-0.25, -0.2) is 9.37 Å². The Labute approximate surface area is 124 Å². The van der Waals surface area contributed by atoms with Crippen LogP contribution in [0.3, 0.4) is 0 Å². The molecule has 0 spiro atoms. The number of hydrogen-bond donors (Lipinski definition) is 1. The van der Waals surface area contributed by atoms with Crippen molar-refractivity contribution in [1.29, 1.82) is 0 Å². The second kappa shape index (κ2) is 5.88. The fourth-order valence-corrected chi connectivity index (χ4v) is 2.60. The molecule has 0 bridgehead atoms. The van der Waals surface area contributed by atoms with E-state index in [1.54, 1.807) is 18.2 Å². The van der Waals surface area contributed by atoms with E-state index in [2.05, 4.69) is 10.3 Å². The third-order valence-electron chi connectivity index (χ3n) is 2.92. The number of aromatic nitrogens is 1. The van der Waals surface area contributed by atoms with Gasteiger partial charge in [0.05, 0.1) is 4.88 Å². The molecular weight excluding hydrogens is 291 g/mol. The Morgan fingerprint density at radius 1 is 1.29 bits per heavy atom. The van der Waals surface area contributed by atoms with E-state index in [0.29, 0.717) is 11.3 Å². The number of nitrogens with one attached hydrogen (secondary N) is 1. The van der Waals surface area contributed by atoms with Gasteiger partial charge in [-0.15, -0.1) is 11.3 Å². The molecule has 0 aliphatic rings. The Kier molecular flexibility index (Phi) is 3.79. The highest BCUT2D eigenvalue weighted by atomic mass is 32.1. The van der Waals surface area contributed by atoms with Crippen molar-refractivity contribution in [1.82, 2.24) is 10.3 Å². The number of hydrogen-bond acceptors (Lipinski definition) is 4. The van der Waals surface area contributed by atoms with Crippen LogP contribution in [0.15, 0.2) is 52.6 Å². The second-order valence-electron chi connectivity index (χ2n) is 4.28. The molecule has 3 rings (SSSR count). The average molecular weight is 302 g/mol. The summed E-state index contributed by atoms with van der Waals surface area (Å²) in [6, 6.07) is 10.0. The van der Waals surface area contributed by atoms with E-state index in [-0.39, 0.29) is 18.1 Å². The van der Waals surface area contributed by atoms with Gasteiger partial charge in [-0.1, -0.05) is 24.3 Å². The van der Waals surface area contributed by atoms with Crippen LogP contribution in [0.2, 0.25) is 0 Å². The number of oxazole rings is 1. The highest BCUT2D eigenvalue weighted by Gasteiger charge is 2.18. The summed E-state index contributed by atoms with van der Waals surface area (Å²) in [5, 5.41) is 4.54. The molecule has 1 aromatic carbocycles. The molecule has 1 amide bonds. The van der Waals surface area contributed by atoms with E-state index < -0.39 is 5.91 Å². The zero-order valence-electron chi connectivity index (χ0n) is 10.9. The Bertz CT molecular complexity index is 753. The molecule has 21 heavy (non-hydrogen) atoms. The number of amides is 1. The lowest BCUT2D eigenvalue weighted by Gasteiger charge is -2.05. The predicted octanol–water partition coefficient (Wildman–Crippen LogP) is 3.47. The first-order valence-electron chi connectivity index (χ1n) is 6.24. The Morgan fingerprint density at radius 2 is 2.14 bits per heavy atom. The van der Waals surface area contributed by atoms with E-state index in [4.69, 9.17) is 4.42 Å².